The Morgan fingerprint density at radius 2 is 1.48 bits per heavy atom. The number of amides is 3. The molecule has 1 fully saturated rings. The lowest BCUT2D eigenvalue weighted by Crippen LogP contribution is -2.57. The molecule has 9 nitrogen and oxygen atoms in total. The van der Waals surface area contributed by atoms with Crippen molar-refractivity contribution in [2.24, 2.45) is 11.8 Å². The van der Waals surface area contributed by atoms with E-state index in [1.54, 1.807) is 65.8 Å². The Kier molecular flexibility index (Phi) is 11.7. The van der Waals surface area contributed by atoms with E-state index < -0.39 is 53.2 Å². The minimum atomic E-state index is -1.20. The van der Waals surface area contributed by atoms with Gasteiger partial charge in [-0.25, -0.2) is 9.59 Å². The largest absolute Gasteiger partial charge is 0.458 e. The fourth-order valence-electron chi connectivity index (χ4n) is 5.23. The lowest BCUT2D eigenvalue weighted by molar-refractivity contribution is -0.159. The third kappa shape index (κ3) is 10.1. The molecule has 0 aromatic heterocycles. The molecule has 5 atom stereocenters. The molecule has 2 N–H and O–H groups in total. The quantitative estimate of drug-likeness (QED) is 0.248. The van der Waals surface area contributed by atoms with Crippen LogP contribution in [0.15, 0.2) is 54.6 Å². The molecule has 46 heavy (non-hydrogen) atoms. The van der Waals surface area contributed by atoms with E-state index in [2.05, 4.69) is 16.6 Å². The number of hydrogen-bond acceptors (Lipinski definition) is 6. The van der Waals surface area contributed by atoms with E-state index in [9.17, 15) is 19.2 Å². The number of ether oxygens (including phenoxy) is 2. The summed E-state index contributed by atoms with van der Waals surface area (Å²) < 4.78 is 11.2. The predicted molar refractivity (Wildman–Crippen MR) is 177 cm³/mol. The molecular weight excluding hydrogens is 582 g/mol. The third-order valence-corrected chi connectivity index (χ3v) is 7.51. The molecule has 248 valence electrons. The summed E-state index contributed by atoms with van der Waals surface area (Å²) in [5, 5.41) is 5.67. The first kappa shape index (κ1) is 36.2. The number of terminal acetylenes is 1. The van der Waals surface area contributed by atoms with Gasteiger partial charge in [-0.05, 0) is 77.0 Å². The Labute approximate surface area is 273 Å². The molecule has 1 aliphatic carbocycles. The fourth-order valence-corrected chi connectivity index (χ4v) is 5.23. The van der Waals surface area contributed by atoms with Crippen molar-refractivity contribution in [1.29, 1.82) is 0 Å². The van der Waals surface area contributed by atoms with Crippen LogP contribution in [0.2, 0.25) is 0 Å². The van der Waals surface area contributed by atoms with E-state index in [0.717, 1.165) is 5.56 Å². The van der Waals surface area contributed by atoms with Crippen molar-refractivity contribution < 1.29 is 28.7 Å². The second-order valence-electron chi connectivity index (χ2n) is 14.3. The summed E-state index contributed by atoms with van der Waals surface area (Å²) in [4.78, 5) is 57.0. The first-order valence-corrected chi connectivity index (χ1v) is 15.9. The highest BCUT2D eigenvalue weighted by Crippen LogP contribution is 2.41. The summed E-state index contributed by atoms with van der Waals surface area (Å²) in [5.74, 6) is 0.784. The molecule has 2 aromatic rings. The molecule has 0 spiro atoms. The number of esters is 1. The molecule has 1 saturated carbocycles. The van der Waals surface area contributed by atoms with Crippen LogP contribution in [-0.2, 0) is 30.3 Å². The first-order valence-electron chi connectivity index (χ1n) is 15.9. The number of nitrogens with one attached hydrogen (secondary N) is 2. The van der Waals surface area contributed by atoms with Crippen LogP contribution < -0.4 is 10.6 Å². The van der Waals surface area contributed by atoms with E-state index in [0.29, 0.717) is 17.5 Å². The average Bonchev–Trinajstić information content (AvgIpc) is 3.67. The molecule has 3 rings (SSSR count). The SMILES string of the molecule is C#Cc1ccccc1C(C(=O)NC(Cc1ccccc1)C(=O)OC(C)(C)C)N(C(=O)C(NC(=O)OC(C)(C)C)C(C)C)C1CC1C. The number of hydrogen-bond donors (Lipinski definition) is 2. The highest BCUT2D eigenvalue weighted by molar-refractivity contribution is 5.95. The maximum atomic E-state index is 14.6. The van der Waals surface area contributed by atoms with Crippen LogP contribution in [0.5, 0.6) is 0 Å². The van der Waals surface area contributed by atoms with E-state index in [1.807, 2.05) is 51.1 Å². The molecule has 0 radical (unpaired) electrons. The van der Waals surface area contributed by atoms with Crippen molar-refractivity contribution in [1.82, 2.24) is 15.5 Å². The van der Waals surface area contributed by atoms with Gasteiger partial charge in [0.2, 0.25) is 11.8 Å². The summed E-state index contributed by atoms with van der Waals surface area (Å²) in [6.07, 6.45) is 6.00. The topological polar surface area (TPSA) is 114 Å². The van der Waals surface area contributed by atoms with Gasteiger partial charge in [0.1, 0.15) is 29.3 Å². The van der Waals surface area contributed by atoms with Gasteiger partial charge >= 0.3 is 12.1 Å². The molecule has 5 unspecified atom stereocenters. The molecule has 0 heterocycles. The lowest BCUT2D eigenvalue weighted by Gasteiger charge is -2.37. The first-order chi connectivity index (χ1) is 21.4. The Morgan fingerprint density at radius 1 is 0.913 bits per heavy atom. The molecule has 0 aliphatic heterocycles. The molecular formula is C37H49N3O6. The zero-order valence-electron chi connectivity index (χ0n) is 28.5. The van der Waals surface area contributed by atoms with Crippen LogP contribution in [-0.4, -0.2) is 58.1 Å². The van der Waals surface area contributed by atoms with Crippen LogP contribution in [0.4, 0.5) is 4.79 Å². The van der Waals surface area contributed by atoms with Crippen LogP contribution in [0, 0.1) is 24.2 Å². The van der Waals surface area contributed by atoms with Gasteiger partial charge < -0.3 is 25.0 Å². The molecule has 1 aliphatic rings. The maximum Gasteiger partial charge on any atom is 0.408 e. The maximum absolute atomic E-state index is 14.6. The van der Waals surface area contributed by atoms with Gasteiger partial charge in [-0.15, -0.1) is 6.42 Å². The van der Waals surface area contributed by atoms with Gasteiger partial charge in [0.15, 0.2) is 0 Å². The summed E-state index contributed by atoms with van der Waals surface area (Å²) in [6, 6.07) is 12.7. The number of carbonyl (C=O) groups is 4. The molecule has 2 aromatic carbocycles. The Morgan fingerprint density at radius 3 is 2.00 bits per heavy atom. The summed E-state index contributed by atoms with van der Waals surface area (Å²) in [5.41, 5.74) is 0.131. The van der Waals surface area contributed by atoms with Crippen LogP contribution in [0.3, 0.4) is 0 Å². The van der Waals surface area contributed by atoms with E-state index in [-0.39, 0.29) is 24.3 Å². The van der Waals surface area contributed by atoms with E-state index in [1.165, 1.54) is 4.90 Å². The van der Waals surface area contributed by atoms with Crippen molar-refractivity contribution in [3.8, 4) is 12.3 Å². The van der Waals surface area contributed by atoms with Crippen molar-refractivity contribution in [2.45, 2.75) is 111 Å². The van der Waals surface area contributed by atoms with Crippen LogP contribution >= 0.6 is 0 Å². The smallest absolute Gasteiger partial charge is 0.408 e. The minimum absolute atomic E-state index is 0.0950. The van der Waals surface area contributed by atoms with Crippen LogP contribution in [0.25, 0.3) is 0 Å². The number of nitrogens with zero attached hydrogens (tertiary/aromatic N) is 1. The van der Waals surface area contributed by atoms with Crippen molar-refractivity contribution in [3.63, 3.8) is 0 Å². The molecule has 0 bridgehead atoms. The predicted octanol–water partition coefficient (Wildman–Crippen LogP) is 5.56. The van der Waals surface area contributed by atoms with Crippen molar-refractivity contribution in [2.75, 3.05) is 0 Å². The third-order valence-electron chi connectivity index (χ3n) is 7.51. The second kappa shape index (κ2) is 14.8. The standard InChI is InChI=1S/C37H49N3O6/c1-11-26-19-15-16-20-27(26)31(32(41)38-28(34(43)45-36(5,6)7)22-25-17-13-12-14-18-25)40(29-21-24(29)4)33(42)30(23(2)3)39-35(44)46-37(8,9)10/h1,12-20,23-24,28-31H,21-22H2,2-10H3,(H,38,41)(H,39,44). The van der Waals surface area contributed by atoms with Gasteiger partial charge in [-0.3, -0.25) is 9.59 Å². The van der Waals surface area contributed by atoms with Gasteiger partial charge in [-0.2, -0.15) is 0 Å². The number of alkyl carbamates (subject to hydrolysis) is 1. The Balaban J connectivity index is 2.10. The highest BCUT2D eigenvalue weighted by atomic mass is 16.6. The zero-order valence-corrected chi connectivity index (χ0v) is 28.5. The van der Waals surface area contributed by atoms with Gasteiger partial charge in [-0.1, -0.05) is 75.2 Å². The number of rotatable bonds is 11. The normalized spacial score (nSPS) is 17.9. The monoisotopic (exact) mass is 631 g/mol. The number of benzene rings is 2. The van der Waals surface area contributed by atoms with Crippen molar-refractivity contribution in [3.05, 3.63) is 71.3 Å². The summed E-state index contributed by atoms with van der Waals surface area (Å²) in [6.45, 7) is 16.1. The summed E-state index contributed by atoms with van der Waals surface area (Å²) >= 11 is 0. The Hall–Kier alpha value is -4.32. The number of carbonyl (C=O) groups excluding carboxylic acids is 4. The lowest BCUT2D eigenvalue weighted by atomic mass is 9.95. The van der Waals surface area contributed by atoms with E-state index >= 15 is 0 Å². The van der Waals surface area contributed by atoms with Crippen molar-refractivity contribution >= 4 is 23.9 Å². The van der Waals surface area contributed by atoms with Gasteiger partial charge in [0.25, 0.3) is 0 Å². The highest BCUT2D eigenvalue weighted by Gasteiger charge is 2.49. The zero-order chi connectivity index (χ0) is 34.4. The van der Waals surface area contributed by atoms with Gasteiger partial charge in [0, 0.05) is 18.0 Å². The molecule has 9 heteroatoms. The van der Waals surface area contributed by atoms with Crippen LogP contribution in [0.1, 0.15) is 91.5 Å². The average molecular weight is 632 g/mol. The molecule has 3 amide bonds. The van der Waals surface area contributed by atoms with E-state index in [4.69, 9.17) is 15.9 Å². The minimum Gasteiger partial charge on any atom is -0.458 e. The molecule has 0 saturated heterocycles. The van der Waals surface area contributed by atoms with Gasteiger partial charge in [0.05, 0.1) is 0 Å². The Bertz CT molecular complexity index is 1430. The summed E-state index contributed by atoms with van der Waals surface area (Å²) in [7, 11) is 0. The second-order valence-corrected chi connectivity index (χ2v) is 14.3. The fraction of sp³-hybridized carbons (Fsp3) is 0.514.